The molecule has 4 aromatic carbocycles. The number of aliphatic hydroxyl groups is 1. The number of nitrogens with zero attached hydrogens (tertiary/aromatic N) is 2. The number of thioether (sulfide) groups is 1. The third kappa shape index (κ3) is 9.36. The molecule has 0 unspecified atom stereocenters. The first-order chi connectivity index (χ1) is 24.5. The maximum absolute atomic E-state index is 12.8. The van der Waals surface area contributed by atoms with Gasteiger partial charge in [0.05, 0.1) is 25.9 Å². The van der Waals surface area contributed by atoms with Crippen LogP contribution in [0.3, 0.4) is 0 Å². The number of hydrogen-bond acceptors (Lipinski definition) is 9. The Kier molecular flexibility index (Phi) is 11.9. The minimum atomic E-state index is -0.811. The second-order valence-electron chi connectivity index (χ2n) is 11.9. The average molecular weight is 694 g/mol. The molecule has 1 fully saturated rings. The summed E-state index contributed by atoms with van der Waals surface area (Å²) >= 11 is 1.55. The molecule has 4 atom stereocenters. The molecule has 50 heavy (non-hydrogen) atoms. The first kappa shape index (κ1) is 34.8. The fourth-order valence-electron chi connectivity index (χ4n) is 5.73. The van der Waals surface area contributed by atoms with Crippen molar-refractivity contribution in [2.45, 2.75) is 55.7 Å². The SMILES string of the molecule is COC(=O)[C@H](Cc1ccccc1)NC(=O)NCc1cccc(-c2ccc([C@H]3O[C@@H](CSc4ncn[nH]4)C[C@@H](c4ccc(CO)cc4)O3)cc2)c1. The highest BCUT2D eigenvalue weighted by atomic mass is 32.2. The molecule has 1 aliphatic rings. The molecule has 2 heterocycles. The Balaban J connectivity index is 1.10. The molecule has 0 saturated carbocycles. The highest BCUT2D eigenvalue weighted by molar-refractivity contribution is 7.99. The van der Waals surface area contributed by atoms with Crippen LogP contribution in [0.4, 0.5) is 4.79 Å². The van der Waals surface area contributed by atoms with Crippen LogP contribution in [0.15, 0.2) is 115 Å². The summed E-state index contributed by atoms with van der Waals surface area (Å²) in [6.07, 6.45) is 1.61. The van der Waals surface area contributed by atoms with Crippen molar-refractivity contribution in [2.75, 3.05) is 12.9 Å². The van der Waals surface area contributed by atoms with Crippen LogP contribution in [-0.2, 0) is 38.6 Å². The number of urea groups is 1. The molecule has 0 radical (unpaired) electrons. The van der Waals surface area contributed by atoms with E-state index >= 15 is 0 Å². The lowest BCUT2D eigenvalue weighted by atomic mass is 9.99. The van der Waals surface area contributed by atoms with Crippen molar-refractivity contribution in [1.82, 2.24) is 25.8 Å². The van der Waals surface area contributed by atoms with Crippen molar-refractivity contribution in [3.8, 4) is 11.1 Å². The third-order valence-electron chi connectivity index (χ3n) is 8.38. The zero-order valence-electron chi connectivity index (χ0n) is 27.5. The summed E-state index contributed by atoms with van der Waals surface area (Å²) in [6.45, 7) is 0.261. The molecule has 0 bridgehead atoms. The quantitative estimate of drug-likeness (QED) is 0.0876. The molecule has 2 amide bonds. The molecule has 1 saturated heterocycles. The molecule has 11 nitrogen and oxygen atoms in total. The van der Waals surface area contributed by atoms with Gasteiger partial charge in [-0.25, -0.2) is 14.6 Å². The number of H-pyrrole nitrogens is 1. The first-order valence-electron chi connectivity index (χ1n) is 16.3. The van der Waals surface area contributed by atoms with Crippen LogP contribution in [-0.4, -0.2) is 57.3 Å². The van der Waals surface area contributed by atoms with Gasteiger partial charge >= 0.3 is 12.0 Å². The van der Waals surface area contributed by atoms with Crippen LogP contribution < -0.4 is 10.6 Å². The topological polar surface area (TPSA) is 148 Å². The minimum absolute atomic E-state index is 0.0122. The Hall–Kier alpha value is -5.01. The summed E-state index contributed by atoms with van der Waals surface area (Å²) in [5, 5.41) is 22.6. The number of esters is 1. The zero-order chi connectivity index (χ0) is 34.7. The van der Waals surface area contributed by atoms with E-state index in [4.69, 9.17) is 14.2 Å². The van der Waals surface area contributed by atoms with Crippen LogP contribution in [0, 0.1) is 0 Å². The number of aromatic nitrogens is 3. The number of nitrogens with one attached hydrogen (secondary N) is 3. The monoisotopic (exact) mass is 693 g/mol. The smallest absolute Gasteiger partial charge is 0.328 e. The standard InChI is InChI=1S/C38H39N5O6S/c1-47-35(45)33(19-25-6-3-2-4-7-25)42-37(46)39-21-27-8-5-9-31(18-27)28-14-16-30(17-15-28)36-48-32(23-50-38-40-24-41-43-38)20-34(49-36)29-12-10-26(22-44)11-13-29/h2-18,24,32-34,36,44H,19-23H2,1H3,(H2,39,42,46)(H,40,41,43)/t32-,33+,34+,36+/m1/s1. The number of methoxy groups -OCH3 is 1. The molecule has 0 aliphatic carbocycles. The molecule has 4 N–H and O–H groups in total. The molecule has 12 heteroatoms. The highest BCUT2D eigenvalue weighted by Gasteiger charge is 2.32. The van der Waals surface area contributed by atoms with Crippen molar-refractivity contribution < 1.29 is 28.9 Å². The molecule has 5 aromatic rings. The van der Waals surface area contributed by atoms with E-state index in [2.05, 4.69) is 25.8 Å². The van der Waals surface area contributed by atoms with E-state index in [-0.39, 0.29) is 25.4 Å². The number of carbonyl (C=O) groups excluding carboxylic acids is 2. The van der Waals surface area contributed by atoms with Crippen molar-refractivity contribution in [1.29, 1.82) is 0 Å². The molecule has 0 spiro atoms. The second kappa shape index (κ2) is 17.1. The molecular formula is C38H39N5O6S. The Labute approximate surface area is 294 Å². The Bertz CT molecular complexity index is 1820. The Morgan fingerprint density at radius 2 is 1.68 bits per heavy atom. The summed E-state index contributed by atoms with van der Waals surface area (Å²) < 4.78 is 17.9. The first-order valence-corrected chi connectivity index (χ1v) is 17.3. The van der Waals surface area contributed by atoms with Gasteiger partial charge in [-0.05, 0) is 39.4 Å². The van der Waals surface area contributed by atoms with E-state index in [0.717, 1.165) is 44.1 Å². The number of hydrogen-bond donors (Lipinski definition) is 4. The number of ether oxygens (including phenoxy) is 3. The van der Waals surface area contributed by atoms with E-state index in [1.165, 1.54) is 13.4 Å². The van der Waals surface area contributed by atoms with E-state index in [1.54, 1.807) is 11.8 Å². The number of benzene rings is 4. The van der Waals surface area contributed by atoms with Gasteiger partial charge in [0.2, 0.25) is 0 Å². The van der Waals surface area contributed by atoms with Crippen LogP contribution in [0.5, 0.6) is 0 Å². The molecule has 1 aromatic heterocycles. The molecule has 1 aliphatic heterocycles. The summed E-state index contributed by atoms with van der Waals surface area (Å²) in [7, 11) is 1.31. The van der Waals surface area contributed by atoms with Gasteiger partial charge in [-0.1, -0.05) is 109 Å². The summed E-state index contributed by atoms with van der Waals surface area (Å²) in [6, 6.07) is 32.0. The maximum Gasteiger partial charge on any atom is 0.328 e. The average Bonchev–Trinajstić information content (AvgIpc) is 3.70. The fourth-order valence-corrected chi connectivity index (χ4v) is 6.53. The van der Waals surface area contributed by atoms with Crippen LogP contribution in [0.1, 0.15) is 46.6 Å². The number of carbonyl (C=O) groups is 2. The number of amides is 2. The Morgan fingerprint density at radius 1 is 0.920 bits per heavy atom. The summed E-state index contributed by atoms with van der Waals surface area (Å²) in [4.78, 5) is 29.3. The number of aliphatic hydroxyl groups excluding tert-OH is 1. The van der Waals surface area contributed by atoms with Crippen molar-refractivity contribution in [3.63, 3.8) is 0 Å². The van der Waals surface area contributed by atoms with Crippen LogP contribution in [0.25, 0.3) is 11.1 Å². The number of aromatic amines is 1. The van der Waals surface area contributed by atoms with Gasteiger partial charge in [0.25, 0.3) is 0 Å². The summed E-state index contributed by atoms with van der Waals surface area (Å²) in [5.74, 6) is 0.166. The van der Waals surface area contributed by atoms with E-state index < -0.39 is 24.3 Å². The lowest BCUT2D eigenvalue weighted by molar-refractivity contribution is -0.245. The summed E-state index contributed by atoms with van der Waals surface area (Å²) in [5.41, 5.74) is 6.57. The van der Waals surface area contributed by atoms with Gasteiger partial charge in [0.15, 0.2) is 11.4 Å². The molecule has 258 valence electrons. The maximum atomic E-state index is 12.8. The predicted octanol–water partition coefficient (Wildman–Crippen LogP) is 5.89. The van der Waals surface area contributed by atoms with Crippen molar-refractivity contribution in [3.05, 3.63) is 137 Å². The van der Waals surface area contributed by atoms with Gasteiger partial charge in [-0.15, -0.1) is 0 Å². The van der Waals surface area contributed by atoms with Crippen LogP contribution >= 0.6 is 11.8 Å². The minimum Gasteiger partial charge on any atom is -0.467 e. The number of rotatable bonds is 13. The second-order valence-corrected chi connectivity index (χ2v) is 12.9. The van der Waals surface area contributed by atoms with E-state index in [9.17, 15) is 14.7 Å². The van der Waals surface area contributed by atoms with Gasteiger partial charge in [-0.2, -0.15) is 5.10 Å². The van der Waals surface area contributed by atoms with Crippen LogP contribution in [0.2, 0.25) is 0 Å². The predicted molar refractivity (Wildman–Crippen MR) is 189 cm³/mol. The van der Waals surface area contributed by atoms with Gasteiger partial charge in [0.1, 0.15) is 12.4 Å². The Morgan fingerprint density at radius 3 is 2.40 bits per heavy atom. The third-order valence-corrected chi connectivity index (χ3v) is 9.39. The van der Waals surface area contributed by atoms with Gasteiger partial charge < -0.3 is 30.0 Å². The van der Waals surface area contributed by atoms with Crippen molar-refractivity contribution >= 4 is 23.8 Å². The van der Waals surface area contributed by atoms with E-state index in [1.807, 2.05) is 103 Å². The van der Waals surface area contributed by atoms with Gasteiger partial charge in [-0.3, -0.25) is 5.10 Å². The molecular weight excluding hydrogens is 655 g/mol. The highest BCUT2D eigenvalue weighted by Crippen LogP contribution is 2.39. The normalized spacial score (nSPS) is 17.8. The zero-order valence-corrected chi connectivity index (χ0v) is 28.3. The molecule has 6 rings (SSSR count). The van der Waals surface area contributed by atoms with Gasteiger partial charge in [0, 0.05) is 30.7 Å². The largest absolute Gasteiger partial charge is 0.467 e. The van der Waals surface area contributed by atoms with E-state index in [0.29, 0.717) is 18.6 Å². The fraction of sp³-hybridized carbons (Fsp3) is 0.263. The lowest BCUT2D eigenvalue weighted by Gasteiger charge is -2.36. The lowest BCUT2D eigenvalue weighted by Crippen LogP contribution is -2.47. The van der Waals surface area contributed by atoms with Crippen molar-refractivity contribution in [2.24, 2.45) is 0 Å².